The van der Waals surface area contributed by atoms with E-state index in [1.54, 1.807) is 12.1 Å². The number of nitrogens with zero attached hydrogens (tertiary/aromatic N) is 3. The van der Waals surface area contributed by atoms with Gasteiger partial charge in [-0.2, -0.15) is 0 Å². The molecule has 31 heavy (non-hydrogen) atoms. The molecule has 1 aliphatic rings. The molecule has 0 aliphatic carbocycles. The van der Waals surface area contributed by atoms with Crippen LogP contribution in [-0.2, 0) is 0 Å². The van der Waals surface area contributed by atoms with Crippen LogP contribution in [0.2, 0.25) is 0 Å². The lowest BCUT2D eigenvalue weighted by Crippen LogP contribution is -2.49. The van der Waals surface area contributed by atoms with Crippen LogP contribution in [0.3, 0.4) is 0 Å². The Balaban J connectivity index is 1.27. The topological polar surface area (TPSA) is 52.2 Å². The number of amides is 1. The van der Waals surface area contributed by atoms with E-state index >= 15 is 0 Å². The van der Waals surface area contributed by atoms with Crippen molar-refractivity contribution >= 4 is 22.6 Å². The van der Waals surface area contributed by atoms with E-state index in [2.05, 4.69) is 23.0 Å². The smallest absolute Gasteiger partial charge is 0.253 e. The number of nitrogens with one attached hydrogen (secondary N) is 1. The Morgan fingerprint density at radius 1 is 0.968 bits per heavy atom. The quantitative estimate of drug-likeness (QED) is 0.531. The highest BCUT2D eigenvalue weighted by atomic mass is 19.1. The summed E-state index contributed by atoms with van der Waals surface area (Å²) in [5, 5.41) is 0. The van der Waals surface area contributed by atoms with Crippen molar-refractivity contribution in [3.05, 3.63) is 83.7 Å². The number of aromatic amines is 1. The average molecular weight is 414 g/mol. The number of H-pyrrole nitrogens is 1. The summed E-state index contributed by atoms with van der Waals surface area (Å²) in [4.78, 5) is 24.8. The van der Waals surface area contributed by atoms with Gasteiger partial charge in [0.15, 0.2) is 0 Å². The summed E-state index contributed by atoms with van der Waals surface area (Å²) in [6, 6.07) is 20.4. The number of aryl methyl sites for hydroxylation is 1. The first kappa shape index (κ1) is 19.3. The van der Waals surface area contributed by atoms with Crippen molar-refractivity contribution in [3.8, 4) is 11.4 Å². The molecule has 5 nitrogen and oxygen atoms in total. The molecule has 1 aromatic heterocycles. The van der Waals surface area contributed by atoms with Crippen molar-refractivity contribution in [1.29, 1.82) is 0 Å². The second kappa shape index (κ2) is 7.87. The molecule has 1 fully saturated rings. The Hall–Kier alpha value is -3.67. The van der Waals surface area contributed by atoms with E-state index in [0.717, 1.165) is 22.4 Å². The Bertz CT molecular complexity index is 1240. The van der Waals surface area contributed by atoms with Crippen LogP contribution in [0.5, 0.6) is 0 Å². The van der Waals surface area contributed by atoms with Crippen LogP contribution in [0.15, 0.2) is 66.7 Å². The standard InChI is InChI=1S/C25H23FN4O/c1-17-6-11-21-22(16-17)28-24(27-21)18-7-9-19(10-8-18)25(31)30-14-12-29(13-15-30)23-5-3-2-4-20(23)26/h2-11,16H,12-15H2,1H3,(H,27,28). The summed E-state index contributed by atoms with van der Waals surface area (Å²) in [6.07, 6.45) is 0. The molecule has 0 saturated carbocycles. The monoisotopic (exact) mass is 414 g/mol. The third kappa shape index (κ3) is 3.77. The molecule has 0 radical (unpaired) electrons. The van der Waals surface area contributed by atoms with E-state index in [-0.39, 0.29) is 11.7 Å². The minimum absolute atomic E-state index is 0.0000329. The minimum atomic E-state index is -0.224. The number of hydrogen-bond donors (Lipinski definition) is 1. The first-order chi connectivity index (χ1) is 15.1. The Kier molecular flexibility index (Phi) is 4.90. The van der Waals surface area contributed by atoms with Crippen molar-refractivity contribution in [1.82, 2.24) is 14.9 Å². The maximum atomic E-state index is 14.0. The third-order valence-electron chi connectivity index (χ3n) is 5.80. The van der Waals surface area contributed by atoms with E-state index in [1.165, 1.54) is 11.6 Å². The van der Waals surface area contributed by atoms with Crippen molar-refractivity contribution in [2.45, 2.75) is 6.92 Å². The van der Waals surface area contributed by atoms with Gasteiger partial charge in [-0.05, 0) is 48.9 Å². The second-order valence-electron chi connectivity index (χ2n) is 7.91. The molecule has 3 aromatic carbocycles. The Labute approximate surface area is 180 Å². The fraction of sp³-hybridized carbons (Fsp3) is 0.200. The zero-order chi connectivity index (χ0) is 21.4. The number of piperazine rings is 1. The van der Waals surface area contributed by atoms with Gasteiger partial charge in [0.1, 0.15) is 11.6 Å². The minimum Gasteiger partial charge on any atom is -0.366 e. The first-order valence-corrected chi connectivity index (χ1v) is 10.4. The number of carbonyl (C=O) groups excluding carboxylic acids is 1. The average Bonchev–Trinajstić information content (AvgIpc) is 3.22. The molecular formula is C25H23FN4O. The summed E-state index contributed by atoms with van der Waals surface area (Å²) < 4.78 is 14.0. The number of benzene rings is 3. The molecule has 6 heteroatoms. The van der Waals surface area contributed by atoms with E-state index in [4.69, 9.17) is 0 Å². The molecule has 0 unspecified atom stereocenters. The highest BCUT2D eigenvalue weighted by molar-refractivity contribution is 5.95. The number of aromatic nitrogens is 2. The van der Waals surface area contributed by atoms with Gasteiger partial charge in [0.05, 0.1) is 16.7 Å². The van der Waals surface area contributed by atoms with Gasteiger partial charge in [-0.3, -0.25) is 4.79 Å². The number of anilines is 1. The molecule has 1 amide bonds. The zero-order valence-electron chi connectivity index (χ0n) is 17.3. The van der Waals surface area contributed by atoms with Gasteiger partial charge >= 0.3 is 0 Å². The Morgan fingerprint density at radius 3 is 2.45 bits per heavy atom. The fourth-order valence-corrected chi connectivity index (χ4v) is 4.07. The van der Waals surface area contributed by atoms with Gasteiger partial charge in [-0.15, -0.1) is 0 Å². The van der Waals surface area contributed by atoms with Crippen molar-refractivity contribution in [2.24, 2.45) is 0 Å². The third-order valence-corrected chi connectivity index (χ3v) is 5.80. The lowest BCUT2D eigenvalue weighted by molar-refractivity contribution is 0.0746. The van der Waals surface area contributed by atoms with E-state index in [9.17, 15) is 9.18 Å². The van der Waals surface area contributed by atoms with Crippen LogP contribution >= 0.6 is 0 Å². The normalized spacial score (nSPS) is 14.3. The second-order valence-corrected chi connectivity index (χ2v) is 7.91. The highest BCUT2D eigenvalue weighted by Gasteiger charge is 2.23. The van der Waals surface area contributed by atoms with Gasteiger partial charge in [0, 0.05) is 37.3 Å². The number of carbonyl (C=O) groups is 1. The molecule has 5 rings (SSSR count). The summed E-state index contributed by atoms with van der Waals surface area (Å²) in [5.41, 5.74) is 5.29. The number of imidazole rings is 1. The fourth-order valence-electron chi connectivity index (χ4n) is 4.07. The summed E-state index contributed by atoms with van der Waals surface area (Å²) >= 11 is 0. The number of halogens is 1. The van der Waals surface area contributed by atoms with Gasteiger partial charge < -0.3 is 14.8 Å². The molecule has 4 aromatic rings. The first-order valence-electron chi connectivity index (χ1n) is 10.4. The molecule has 0 atom stereocenters. The van der Waals surface area contributed by atoms with Gasteiger partial charge in [-0.1, -0.05) is 30.3 Å². The summed E-state index contributed by atoms with van der Waals surface area (Å²) in [5.74, 6) is 0.566. The molecular weight excluding hydrogens is 391 g/mol. The summed E-state index contributed by atoms with van der Waals surface area (Å²) in [6.45, 7) is 4.42. The molecule has 0 spiro atoms. The Morgan fingerprint density at radius 2 is 1.71 bits per heavy atom. The van der Waals surface area contributed by atoms with Crippen molar-refractivity contribution < 1.29 is 9.18 Å². The van der Waals surface area contributed by atoms with Crippen molar-refractivity contribution in [3.63, 3.8) is 0 Å². The largest absolute Gasteiger partial charge is 0.366 e. The molecule has 1 saturated heterocycles. The zero-order valence-corrected chi connectivity index (χ0v) is 17.3. The van der Waals surface area contributed by atoms with Crippen LogP contribution in [-0.4, -0.2) is 47.0 Å². The number of hydrogen-bond acceptors (Lipinski definition) is 3. The molecule has 2 heterocycles. The maximum Gasteiger partial charge on any atom is 0.253 e. The van der Waals surface area contributed by atoms with Gasteiger partial charge in [0.25, 0.3) is 5.91 Å². The van der Waals surface area contributed by atoms with Crippen LogP contribution < -0.4 is 4.90 Å². The SMILES string of the molecule is Cc1ccc2nc(-c3ccc(C(=O)N4CCN(c5ccccc5F)CC4)cc3)[nH]c2c1. The molecule has 1 aliphatic heterocycles. The van der Waals surface area contributed by atoms with Crippen LogP contribution in [0, 0.1) is 12.7 Å². The lowest BCUT2D eigenvalue weighted by Gasteiger charge is -2.36. The van der Waals surface area contributed by atoms with E-state index < -0.39 is 0 Å². The highest BCUT2D eigenvalue weighted by Crippen LogP contribution is 2.23. The van der Waals surface area contributed by atoms with Gasteiger partial charge in [-0.25, -0.2) is 9.37 Å². The molecule has 1 N–H and O–H groups in total. The van der Waals surface area contributed by atoms with Crippen molar-refractivity contribution in [2.75, 3.05) is 31.1 Å². The van der Waals surface area contributed by atoms with E-state index in [1.807, 2.05) is 52.3 Å². The van der Waals surface area contributed by atoms with Gasteiger partial charge in [0.2, 0.25) is 0 Å². The van der Waals surface area contributed by atoms with Crippen LogP contribution in [0.25, 0.3) is 22.4 Å². The lowest BCUT2D eigenvalue weighted by atomic mass is 10.1. The molecule has 156 valence electrons. The predicted molar refractivity (Wildman–Crippen MR) is 121 cm³/mol. The number of para-hydroxylation sites is 1. The maximum absolute atomic E-state index is 14.0. The van der Waals surface area contributed by atoms with E-state index in [0.29, 0.717) is 37.4 Å². The van der Waals surface area contributed by atoms with Crippen LogP contribution in [0.4, 0.5) is 10.1 Å². The number of rotatable bonds is 3. The predicted octanol–water partition coefficient (Wildman–Crippen LogP) is 4.64. The van der Waals surface area contributed by atoms with Crippen LogP contribution in [0.1, 0.15) is 15.9 Å². The summed E-state index contributed by atoms with van der Waals surface area (Å²) in [7, 11) is 0. The number of fused-ring (bicyclic) bond motifs is 1. The molecule has 0 bridgehead atoms.